The maximum absolute atomic E-state index is 4.45. The Morgan fingerprint density at radius 1 is 1.35 bits per heavy atom. The summed E-state index contributed by atoms with van der Waals surface area (Å²) in [5, 5.41) is 8.95. The maximum atomic E-state index is 4.45. The van der Waals surface area contributed by atoms with Crippen molar-refractivity contribution in [1.82, 2.24) is 10.3 Å². The lowest BCUT2D eigenvalue weighted by Crippen LogP contribution is -2.14. The summed E-state index contributed by atoms with van der Waals surface area (Å²) in [5.41, 5.74) is 1.14. The molecule has 0 amide bonds. The van der Waals surface area contributed by atoms with Crippen molar-refractivity contribution in [2.45, 2.75) is 26.3 Å². The zero-order valence-corrected chi connectivity index (χ0v) is 12.3. The van der Waals surface area contributed by atoms with Gasteiger partial charge in [-0.15, -0.1) is 35.1 Å². The van der Waals surface area contributed by atoms with Gasteiger partial charge in [-0.3, -0.25) is 0 Å². The lowest BCUT2D eigenvalue weighted by atomic mass is 10.3. The lowest BCUT2D eigenvalue weighted by molar-refractivity contribution is 0.653. The molecule has 2 nitrogen and oxygen atoms in total. The van der Waals surface area contributed by atoms with Crippen molar-refractivity contribution in [2.75, 3.05) is 6.54 Å². The average molecular weight is 289 g/mol. The van der Waals surface area contributed by atoms with Gasteiger partial charge in [0.2, 0.25) is 0 Å². The molecule has 17 heavy (non-hydrogen) atoms. The van der Waals surface area contributed by atoms with E-state index in [2.05, 4.69) is 40.1 Å². The summed E-state index contributed by atoms with van der Waals surface area (Å²) < 4.78 is 0. The molecule has 0 saturated heterocycles. The molecule has 0 aliphatic rings. The Bertz CT molecular complexity index is 412. The molecule has 0 aliphatic heterocycles. The number of halogens is 1. The molecule has 1 N–H and O–H groups in total. The van der Waals surface area contributed by atoms with Crippen LogP contribution in [0.1, 0.15) is 22.0 Å². The second-order valence-corrected chi connectivity index (χ2v) is 5.72. The second-order valence-electron chi connectivity index (χ2n) is 3.74. The number of nitrogens with zero attached hydrogens (tertiary/aromatic N) is 1. The van der Waals surface area contributed by atoms with Crippen LogP contribution in [0.5, 0.6) is 0 Å². The summed E-state index contributed by atoms with van der Waals surface area (Å²) in [6.07, 6.45) is 2.26. The van der Waals surface area contributed by atoms with Crippen LogP contribution < -0.4 is 5.32 Å². The van der Waals surface area contributed by atoms with Gasteiger partial charge in [0.05, 0.1) is 5.01 Å². The number of nitrogens with one attached hydrogen (secondary N) is 1. The normalized spacial score (nSPS) is 10.2. The number of hydrogen-bond acceptors (Lipinski definition) is 4. The van der Waals surface area contributed by atoms with Crippen LogP contribution in [0, 0.1) is 6.92 Å². The molecule has 2 aromatic rings. The van der Waals surface area contributed by atoms with Crippen molar-refractivity contribution in [3.8, 4) is 0 Å². The van der Waals surface area contributed by atoms with E-state index in [1.165, 1.54) is 16.3 Å². The Morgan fingerprint density at radius 3 is 2.88 bits per heavy atom. The molecule has 94 valence electrons. The summed E-state index contributed by atoms with van der Waals surface area (Å²) in [6, 6.07) is 4.27. The maximum Gasteiger partial charge on any atom is 0.0928 e. The summed E-state index contributed by atoms with van der Waals surface area (Å²) in [5.74, 6) is 0. The first-order valence-electron chi connectivity index (χ1n) is 5.49. The van der Waals surface area contributed by atoms with E-state index in [-0.39, 0.29) is 12.4 Å². The van der Waals surface area contributed by atoms with E-state index in [1.54, 1.807) is 11.3 Å². The van der Waals surface area contributed by atoms with E-state index in [9.17, 15) is 0 Å². The Kier molecular flexibility index (Phi) is 6.73. The largest absolute Gasteiger partial charge is 0.312 e. The van der Waals surface area contributed by atoms with Gasteiger partial charge in [0.25, 0.3) is 0 Å². The van der Waals surface area contributed by atoms with Crippen molar-refractivity contribution in [2.24, 2.45) is 0 Å². The van der Waals surface area contributed by atoms with Crippen LogP contribution in [0.2, 0.25) is 0 Å². The SMILES string of the molecule is Cc1csc(CCCNCc2cccs2)n1.Cl. The monoisotopic (exact) mass is 288 g/mol. The van der Waals surface area contributed by atoms with Gasteiger partial charge >= 0.3 is 0 Å². The topological polar surface area (TPSA) is 24.9 Å². The van der Waals surface area contributed by atoms with Crippen LogP contribution in [0.15, 0.2) is 22.9 Å². The zero-order chi connectivity index (χ0) is 11.2. The summed E-state index contributed by atoms with van der Waals surface area (Å²) in [6.45, 7) is 4.11. The molecule has 0 aliphatic carbocycles. The van der Waals surface area contributed by atoms with Crippen molar-refractivity contribution in [3.63, 3.8) is 0 Å². The van der Waals surface area contributed by atoms with Gasteiger partial charge in [-0.25, -0.2) is 4.98 Å². The van der Waals surface area contributed by atoms with E-state index in [4.69, 9.17) is 0 Å². The molecule has 0 unspecified atom stereocenters. The standard InChI is InChI=1S/C12H16N2S2.ClH/c1-10-9-16-12(14-10)5-2-6-13-8-11-4-3-7-15-11;/h3-4,7,9,13H,2,5-6,8H2,1H3;1H. The summed E-state index contributed by atoms with van der Waals surface area (Å²) in [4.78, 5) is 5.86. The Balaban J connectivity index is 0.00000144. The predicted octanol–water partition coefficient (Wildman–Crippen LogP) is 3.66. The number of hydrogen-bond donors (Lipinski definition) is 1. The summed E-state index contributed by atoms with van der Waals surface area (Å²) in [7, 11) is 0. The van der Waals surface area contributed by atoms with E-state index >= 15 is 0 Å². The molecule has 0 spiro atoms. The van der Waals surface area contributed by atoms with Gasteiger partial charge in [0.1, 0.15) is 0 Å². The molecule has 2 rings (SSSR count). The van der Waals surface area contributed by atoms with Gasteiger partial charge in [-0.1, -0.05) is 6.07 Å². The third-order valence-corrected chi connectivity index (χ3v) is 4.19. The quantitative estimate of drug-likeness (QED) is 0.821. The van der Waals surface area contributed by atoms with Crippen LogP contribution >= 0.6 is 35.1 Å². The molecule has 2 heterocycles. The van der Waals surface area contributed by atoms with Crippen molar-refractivity contribution >= 4 is 35.1 Å². The molecule has 0 saturated carbocycles. The molecule has 2 aromatic heterocycles. The number of aromatic nitrogens is 1. The molecule has 0 radical (unpaired) electrons. The van der Waals surface area contributed by atoms with Gasteiger partial charge in [0, 0.05) is 28.9 Å². The zero-order valence-electron chi connectivity index (χ0n) is 9.81. The van der Waals surface area contributed by atoms with Gasteiger partial charge in [0.15, 0.2) is 0 Å². The smallest absolute Gasteiger partial charge is 0.0928 e. The first-order valence-corrected chi connectivity index (χ1v) is 7.24. The number of aryl methyl sites for hydroxylation is 2. The fourth-order valence-electron chi connectivity index (χ4n) is 1.51. The highest BCUT2D eigenvalue weighted by molar-refractivity contribution is 7.10. The number of thiazole rings is 1. The third-order valence-electron chi connectivity index (χ3n) is 2.29. The Morgan fingerprint density at radius 2 is 2.24 bits per heavy atom. The number of rotatable bonds is 6. The fourth-order valence-corrected chi connectivity index (χ4v) is 3.00. The molecular weight excluding hydrogens is 272 g/mol. The van der Waals surface area contributed by atoms with E-state index < -0.39 is 0 Å². The summed E-state index contributed by atoms with van der Waals surface area (Å²) >= 11 is 3.58. The van der Waals surface area contributed by atoms with E-state index in [0.29, 0.717) is 0 Å². The minimum Gasteiger partial charge on any atom is -0.312 e. The van der Waals surface area contributed by atoms with Crippen LogP contribution in [0.3, 0.4) is 0 Å². The molecule has 0 atom stereocenters. The molecule has 0 bridgehead atoms. The van der Waals surface area contributed by atoms with Crippen LogP contribution in [-0.2, 0) is 13.0 Å². The minimum atomic E-state index is 0. The highest BCUT2D eigenvalue weighted by atomic mass is 35.5. The highest BCUT2D eigenvalue weighted by Gasteiger charge is 1.98. The molecule has 0 fully saturated rings. The average Bonchev–Trinajstić information content (AvgIpc) is 2.89. The van der Waals surface area contributed by atoms with E-state index in [0.717, 1.165) is 25.2 Å². The Hall–Kier alpha value is -0.420. The van der Waals surface area contributed by atoms with Crippen LogP contribution in [0.25, 0.3) is 0 Å². The number of thiophene rings is 1. The lowest BCUT2D eigenvalue weighted by Gasteiger charge is -2.01. The minimum absolute atomic E-state index is 0. The van der Waals surface area contributed by atoms with Gasteiger partial charge in [-0.05, 0) is 31.3 Å². The van der Waals surface area contributed by atoms with Crippen molar-refractivity contribution in [1.29, 1.82) is 0 Å². The molecular formula is C12H17ClN2S2. The van der Waals surface area contributed by atoms with E-state index in [1.807, 2.05) is 11.3 Å². The van der Waals surface area contributed by atoms with Crippen molar-refractivity contribution < 1.29 is 0 Å². The molecule has 5 heteroatoms. The van der Waals surface area contributed by atoms with Gasteiger partial charge < -0.3 is 5.32 Å². The Labute approximate surface area is 117 Å². The third kappa shape index (κ3) is 5.17. The fraction of sp³-hybridized carbons (Fsp3) is 0.417. The second kappa shape index (κ2) is 7.82. The first-order chi connectivity index (χ1) is 7.84. The predicted molar refractivity (Wildman–Crippen MR) is 78.4 cm³/mol. The highest BCUT2D eigenvalue weighted by Crippen LogP contribution is 2.10. The van der Waals surface area contributed by atoms with Crippen LogP contribution in [0.4, 0.5) is 0 Å². The first kappa shape index (κ1) is 14.6. The van der Waals surface area contributed by atoms with Gasteiger partial charge in [-0.2, -0.15) is 0 Å². The van der Waals surface area contributed by atoms with Crippen LogP contribution in [-0.4, -0.2) is 11.5 Å². The molecule has 0 aromatic carbocycles. The van der Waals surface area contributed by atoms with Crippen molar-refractivity contribution in [3.05, 3.63) is 38.5 Å².